The average Bonchev–Trinajstić information content (AvgIpc) is 2.21. The van der Waals surface area contributed by atoms with Crippen molar-refractivity contribution in [2.24, 2.45) is 0 Å². The van der Waals surface area contributed by atoms with Gasteiger partial charge < -0.3 is 15.0 Å². The van der Waals surface area contributed by atoms with Crippen LogP contribution in [0.15, 0.2) is 0 Å². The van der Waals surface area contributed by atoms with E-state index in [1.54, 1.807) is 20.8 Å². The van der Waals surface area contributed by atoms with E-state index in [0.717, 1.165) is 25.9 Å². The summed E-state index contributed by atoms with van der Waals surface area (Å²) in [5, 5.41) is 2.66. The van der Waals surface area contributed by atoms with Gasteiger partial charge >= 0.3 is 6.09 Å². The van der Waals surface area contributed by atoms with Crippen LogP contribution in [0.1, 0.15) is 47.0 Å². The summed E-state index contributed by atoms with van der Waals surface area (Å²) in [4.78, 5) is 25.5. The lowest BCUT2D eigenvalue weighted by atomic mass is 10.0. The summed E-state index contributed by atoms with van der Waals surface area (Å²) < 4.78 is 5.16. The molecule has 1 heterocycles. The maximum Gasteiger partial charge on any atom is 0.408 e. The van der Waals surface area contributed by atoms with E-state index in [2.05, 4.69) is 5.32 Å². The molecule has 1 aliphatic rings. The highest BCUT2D eigenvalue weighted by Gasteiger charge is 2.30. The second-order valence-corrected chi connectivity index (χ2v) is 5.67. The smallest absolute Gasteiger partial charge is 0.408 e. The fourth-order valence-electron chi connectivity index (χ4n) is 2.02. The third-order valence-electron chi connectivity index (χ3n) is 2.72. The van der Waals surface area contributed by atoms with Crippen LogP contribution < -0.4 is 5.32 Å². The number of hydrogen-bond donors (Lipinski definition) is 1. The van der Waals surface area contributed by atoms with Crippen LogP contribution in [0.3, 0.4) is 0 Å². The number of piperidine rings is 1. The molecule has 1 N–H and O–H groups in total. The van der Waals surface area contributed by atoms with E-state index >= 15 is 0 Å². The first-order valence-electron chi connectivity index (χ1n) is 6.62. The number of likely N-dealkylation sites (tertiary alicyclic amines) is 1. The molecule has 5 heteroatoms. The first-order valence-corrected chi connectivity index (χ1v) is 6.62. The van der Waals surface area contributed by atoms with Crippen LogP contribution in [0.2, 0.25) is 0 Å². The number of carbonyl (C=O) groups excluding carboxylic acids is 2. The second kappa shape index (κ2) is 6.07. The molecule has 5 nitrogen and oxygen atoms in total. The van der Waals surface area contributed by atoms with Gasteiger partial charge in [-0.25, -0.2) is 4.79 Å². The van der Waals surface area contributed by atoms with Crippen LogP contribution in [0.5, 0.6) is 0 Å². The van der Waals surface area contributed by atoms with Gasteiger partial charge in [-0.1, -0.05) is 6.92 Å². The molecular formula is C13H24N2O3. The van der Waals surface area contributed by atoms with Crippen molar-refractivity contribution in [3.8, 4) is 0 Å². The number of ether oxygens (including phenoxy) is 1. The Morgan fingerprint density at radius 2 is 2.17 bits per heavy atom. The summed E-state index contributed by atoms with van der Waals surface area (Å²) in [5.41, 5.74) is -0.537. The van der Waals surface area contributed by atoms with Gasteiger partial charge in [0.2, 0.25) is 5.91 Å². The highest BCUT2D eigenvalue weighted by Crippen LogP contribution is 2.13. The largest absolute Gasteiger partial charge is 0.444 e. The number of carbonyl (C=O) groups is 2. The van der Waals surface area contributed by atoms with E-state index in [9.17, 15) is 9.59 Å². The van der Waals surface area contributed by atoms with Crippen molar-refractivity contribution in [2.45, 2.75) is 58.6 Å². The van der Waals surface area contributed by atoms with E-state index < -0.39 is 17.7 Å². The maximum atomic E-state index is 12.1. The minimum absolute atomic E-state index is 0.00830. The van der Waals surface area contributed by atoms with Crippen LogP contribution in [0.4, 0.5) is 4.79 Å². The van der Waals surface area contributed by atoms with E-state index in [4.69, 9.17) is 4.74 Å². The van der Waals surface area contributed by atoms with Crippen molar-refractivity contribution < 1.29 is 14.3 Å². The quantitative estimate of drug-likeness (QED) is 0.839. The molecule has 1 aliphatic heterocycles. The maximum absolute atomic E-state index is 12.1. The summed E-state index contributed by atoms with van der Waals surface area (Å²) in [6, 6.07) is -0.430. The van der Waals surface area contributed by atoms with Gasteiger partial charge in [-0.05, 0) is 40.0 Å². The minimum Gasteiger partial charge on any atom is -0.444 e. The standard InChI is InChI=1S/C13H24N2O3/c1-5-8-15-9-6-7-10(11(15)16)14-12(17)18-13(2,3)4/h10H,5-9H2,1-4H3,(H,14,17)/t10-/m0/s1. The molecule has 0 spiro atoms. The molecule has 0 aromatic rings. The van der Waals surface area contributed by atoms with Crippen molar-refractivity contribution in [1.82, 2.24) is 10.2 Å². The molecule has 1 atom stereocenters. The lowest BCUT2D eigenvalue weighted by molar-refractivity contribution is -0.135. The number of hydrogen-bond acceptors (Lipinski definition) is 3. The third-order valence-corrected chi connectivity index (χ3v) is 2.72. The molecule has 1 fully saturated rings. The van der Waals surface area contributed by atoms with E-state index in [0.29, 0.717) is 6.42 Å². The average molecular weight is 256 g/mol. The van der Waals surface area contributed by atoms with Crippen molar-refractivity contribution in [3.05, 3.63) is 0 Å². The molecule has 1 rings (SSSR count). The topological polar surface area (TPSA) is 58.6 Å². The van der Waals surface area contributed by atoms with Gasteiger partial charge in [0, 0.05) is 13.1 Å². The summed E-state index contributed by atoms with van der Waals surface area (Å²) >= 11 is 0. The van der Waals surface area contributed by atoms with Crippen LogP contribution in [-0.4, -0.2) is 41.6 Å². The molecule has 0 aromatic heterocycles. The molecule has 18 heavy (non-hydrogen) atoms. The normalized spacial score (nSPS) is 20.8. The SMILES string of the molecule is CCCN1CCC[C@H](NC(=O)OC(C)(C)C)C1=O. The molecule has 1 saturated heterocycles. The van der Waals surface area contributed by atoms with Gasteiger partial charge in [0.1, 0.15) is 11.6 Å². The minimum atomic E-state index is -0.537. The Morgan fingerprint density at radius 3 is 2.72 bits per heavy atom. The van der Waals surface area contributed by atoms with Gasteiger partial charge in [0.05, 0.1) is 0 Å². The van der Waals surface area contributed by atoms with Crippen LogP contribution in [-0.2, 0) is 9.53 Å². The predicted molar refractivity (Wildman–Crippen MR) is 69.3 cm³/mol. The Kier molecular flexibility index (Phi) is 4.99. The molecule has 0 aliphatic carbocycles. The Hall–Kier alpha value is -1.26. The summed E-state index contributed by atoms with van der Waals surface area (Å²) in [6.45, 7) is 9.00. The fourth-order valence-corrected chi connectivity index (χ4v) is 2.02. The molecule has 104 valence electrons. The molecule has 0 bridgehead atoms. The Balaban J connectivity index is 2.51. The fraction of sp³-hybridized carbons (Fsp3) is 0.846. The van der Waals surface area contributed by atoms with Crippen molar-refractivity contribution in [1.29, 1.82) is 0 Å². The van der Waals surface area contributed by atoms with E-state index in [1.807, 2.05) is 11.8 Å². The van der Waals surface area contributed by atoms with Crippen LogP contribution >= 0.6 is 0 Å². The lowest BCUT2D eigenvalue weighted by Crippen LogP contribution is -2.53. The van der Waals surface area contributed by atoms with Crippen molar-refractivity contribution >= 4 is 12.0 Å². The van der Waals surface area contributed by atoms with Gasteiger partial charge in [-0.15, -0.1) is 0 Å². The number of rotatable bonds is 3. The predicted octanol–water partition coefficient (Wildman–Crippen LogP) is 1.91. The Labute approximate surface area is 109 Å². The van der Waals surface area contributed by atoms with Gasteiger partial charge in [0.15, 0.2) is 0 Å². The lowest BCUT2D eigenvalue weighted by Gasteiger charge is -2.32. The molecular weight excluding hydrogens is 232 g/mol. The van der Waals surface area contributed by atoms with Crippen LogP contribution in [0, 0.1) is 0 Å². The second-order valence-electron chi connectivity index (χ2n) is 5.67. The van der Waals surface area contributed by atoms with Gasteiger partial charge in [0.25, 0.3) is 0 Å². The molecule has 0 aromatic carbocycles. The van der Waals surface area contributed by atoms with Crippen molar-refractivity contribution in [2.75, 3.05) is 13.1 Å². The Bertz CT molecular complexity index is 308. The zero-order valence-electron chi connectivity index (χ0n) is 11.8. The third kappa shape index (κ3) is 4.55. The van der Waals surface area contributed by atoms with E-state index in [1.165, 1.54) is 0 Å². The number of alkyl carbamates (subject to hydrolysis) is 1. The monoisotopic (exact) mass is 256 g/mol. The summed E-state index contributed by atoms with van der Waals surface area (Å²) in [5.74, 6) is 0.00830. The zero-order chi connectivity index (χ0) is 13.8. The molecule has 2 amide bonds. The molecule has 0 saturated carbocycles. The Morgan fingerprint density at radius 1 is 1.50 bits per heavy atom. The van der Waals surface area contributed by atoms with E-state index in [-0.39, 0.29) is 5.91 Å². The highest BCUT2D eigenvalue weighted by atomic mass is 16.6. The number of nitrogens with one attached hydrogen (secondary N) is 1. The van der Waals surface area contributed by atoms with Gasteiger partial charge in [-0.2, -0.15) is 0 Å². The molecule has 0 unspecified atom stereocenters. The zero-order valence-corrected chi connectivity index (χ0v) is 11.8. The first kappa shape index (κ1) is 14.8. The van der Waals surface area contributed by atoms with Crippen molar-refractivity contribution in [3.63, 3.8) is 0 Å². The highest BCUT2D eigenvalue weighted by molar-refractivity contribution is 5.86. The summed E-state index contributed by atoms with van der Waals surface area (Å²) in [7, 11) is 0. The first-order chi connectivity index (χ1) is 8.33. The molecule has 0 radical (unpaired) electrons. The number of nitrogens with zero attached hydrogens (tertiary/aromatic N) is 1. The van der Waals surface area contributed by atoms with Crippen LogP contribution in [0.25, 0.3) is 0 Å². The van der Waals surface area contributed by atoms with Gasteiger partial charge in [-0.3, -0.25) is 4.79 Å². The number of amides is 2. The summed E-state index contributed by atoms with van der Waals surface area (Å²) in [6.07, 6.45) is 2.04.